The zero-order valence-corrected chi connectivity index (χ0v) is 11.8. The van der Waals surface area contributed by atoms with Crippen molar-refractivity contribution in [3.63, 3.8) is 0 Å². The molecule has 100 valence electrons. The molecule has 1 aromatic carbocycles. The molecule has 1 aliphatic rings. The normalized spacial score (nSPS) is 13.9. The maximum atomic E-state index is 12.4. The van der Waals surface area contributed by atoms with Crippen molar-refractivity contribution in [1.82, 2.24) is 4.90 Å². The fourth-order valence-corrected chi connectivity index (χ4v) is 2.01. The van der Waals surface area contributed by atoms with Crippen LogP contribution in [-0.4, -0.2) is 23.9 Å². The Morgan fingerprint density at radius 1 is 1.44 bits per heavy atom. The van der Waals surface area contributed by atoms with Crippen molar-refractivity contribution in [3.8, 4) is 0 Å². The minimum absolute atomic E-state index is 0. The first-order valence-electron chi connectivity index (χ1n) is 6.27. The molecule has 0 aromatic heterocycles. The highest BCUT2D eigenvalue weighted by atomic mass is 35.5. The van der Waals surface area contributed by atoms with Crippen LogP contribution in [0.15, 0.2) is 18.2 Å². The molecule has 2 rings (SSSR count). The van der Waals surface area contributed by atoms with E-state index in [4.69, 9.17) is 5.73 Å². The average Bonchev–Trinajstić information content (AvgIpc) is 3.12. The second-order valence-electron chi connectivity index (χ2n) is 4.86. The van der Waals surface area contributed by atoms with Crippen molar-refractivity contribution in [2.45, 2.75) is 26.7 Å². The van der Waals surface area contributed by atoms with Gasteiger partial charge in [0, 0.05) is 24.3 Å². The zero-order valence-electron chi connectivity index (χ0n) is 11.0. The lowest BCUT2D eigenvalue weighted by molar-refractivity contribution is 0.0756. The molecule has 1 aromatic rings. The van der Waals surface area contributed by atoms with Gasteiger partial charge in [0.25, 0.3) is 5.91 Å². The number of amides is 1. The Morgan fingerprint density at radius 2 is 2.11 bits per heavy atom. The maximum absolute atomic E-state index is 12.4. The number of nitrogens with zero attached hydrogens (tertiary/aromatic N) is 1. The molecule has 0 bridgehead atoms. The van der Waals surface area contributed by atoms with Gasteiger partial charge in [0.1, 0.15) is 0 Å². The van der Waals surface area contributed by atoms with Gasteiger partial charge in [0.2, 0.25) is 0 Å². The summed E-state index contributed by atoms with van der Waals surface area (Å²) in [6.45, 7) is 5.65. The van der Waals surface area contributed by atoms with E-state index in [0.29, 0.717) is 5.69 Å². The molecule has 0 unspecified atom stereocenters. The molecule has 0 heterocycles. The molecule has 4 heteroatoms. The van der Waals surface area contributed by atoms with Crippen LogP contribution in [0.1, 0.15) is 35.7 Å². The number of benzene rings is 1. The number of carbonyl (C=O) groups is 1. The molecule has 0 atom stereocenters. The first-order chi connectivity index (χ1) is 8.11. The van der Waals surface area contributed by atoms with Crippen LogP contribution < -0.4 is 5.73 Å². The van der Waals surface area contributed by atoms with Crippen LogP contribution in [0.4, 0.5) is 5.69 Å². The number of nitrogens with two attached hydrogens (primary N) is 1. The number of hydrogen-bond donors (Lipinski definition) is 1. The number of aryl methyl sites for hydroxylation is 1. The standard InChI is InChI=1S/C14H20N2O.ClH/c1-3-16(9-11-5-6-11)14(17)13-8-12(15)7-4-10(13)2;/h4,7-8,11H,3,5-6,9,15H2,1-2H3;1H. The first-order valence-corrected chi connectivity index (χ1v) is 6.27. The number of carbonyl (C=O) groups excluding carboxylic acids is 1. The molecule has 0 saturated heterocycles. The summed E-state index contributed by atoms with van der Waals surface area (Å²) in [7, 11) is 0. The summed E-state index contributed by atoms with van der Waals surface area (Å²) in [4.78, 5) is 14.3. The van der Waals surface area contributed by atoms with Crippen LogP contribution in [0.25, 0.3) is 0 Å². The van der Waals surface area contributed by atoms with Crippen molar-refractivity contribution in [2.24, 2.45) is 5.92 Å². The molecule has 0 spiro atoms. The lowest BCUT2D eigenvalue weighted by Crippen LogP contribution is -2.33. The van der Waals surface area contributed by atoms with Crippen molar-refractivity contribution in [1.29, 1.82) is 0 Å². The minimum atomic E-state index is 0. The van der Waals surface area contributed by atoms with Crippen LogP contribution >= 0.6 is 12.4 Å². The van der Waals surface area contributed by atoms with E-state index in [2.05, 4.69) is 0 Å². The van der Waals surface area contributed by atoms with Gasteiger partial charge in [-0.1, -0.05) is 6.07 Å². The van der Waals surface area contributed by atoms with E-state index >= 15 is 0 Å². The van der Waals surface area contributed by atoms with E-state index in [0.717, 1.165) is 30.1 Å². The lowest BCUT2D eigenvalue weighted by atomic mass is 10.1. The summed E-state index contributed by atoms with van der Waals surface area (Å²) in [6.07, 6.45) is 2.53. The summed E-state index contributed by atoms with van der Waals surface area (Å²) >= 11 is 0. The highest BCUT2D eigenvalue weighted by Crippen LogP contribution is 2.30. The Kier molecular flexibility index (Phi) is 5.03. The van der Waals surface area contributed by atoms with E-state index in [9.17, 15) is 4.79 Å². The Morgan fingerprint density at radius 3 is 2.67 bits per heavy atom. The Hall–Kier alpha value is -1.22. The smallest absolute Gasteiger partial charge is 0.254 e. The van der Waals surface area contributed by atoms with Gasteiger partial charge in [0.15, 0.2) is 0 Å². The van der Waals surface area contributed by atoms with Gasteiger partial charge in [-0.2, -0.15) is 0 Å². The largest absolute Gasteiger partial charge is 0.399 e. The van der Waals surface area contributed by atoms with E-state index < -0.39 is 0 Å². The predicted molar refractivity (Wildman–Crippen MR) is 77.1 cm³/mol. The Balaban J connectivity index is 0.00000162. The van der Waals surface area contributed by atoms with Crippen molar-refractivity contribution >= 4 is 24.0 Å². The van der Waals surface area contributed by atoms with Crippen LogP contribution in [0, 0.1) is 12.8 Å². The summed E-state index contributed by atoms with van der Waals surface area (Å²) < 4.78 is 0. The van der Waals surface area contributed by atoms with E-state index in [-0.39, 0.29) is 18.3 Å². The molecule has 1 aliphatic carbocycles. The van der Waals surface area contributed by atoms with Gasteiger partial charge in [-0.3, -0.25) is 4.79 Å². The third kappa shape index (κ3) is 3.39. The van der Waals surface area contributed by atoms with Gasteiger partial charge in [-0.25, -0.2) is 0 Å². The molecule has 3 nitrogen and oxygen atoms in total. The van der Waals surface area contributed by atoms with Crippen molar-refractivity contribution < 1.29 is 4.79 Å². The topological polar surface area (TPSA) is 46.3 Å². The fourth-order valence-electron chi connectivity index (χ4n) is 2.01. The molecule has 2 N–H and O–H groups in total. The SMILES string of the molecule is CCN(CC1CC1)C(=O)c1cc(N)ccc1C.Cl. The van der Waals surface area contributed by atoms with Crippen LogP contribution in [0.3, 0.4) is 0 Å². The monoisotopic (exact) mass is 268 g/mol. The van der Waals surface area contributed by atoms with Crippen LogP contribution in [0.2, 0.25) is 0 Å². The summed E-state index contributed by atoms with van der Waals surface area (Å²) in [5.74, 6) is 0.837. The highest BCUT2D eigenvalue weighted by Gasteiger charge is 2.26. The lowest BCUT2D eigenvalue weighted by Gasteiger charge is -2.21. The van der Waals surface area contributed by atoms with Crippen LogP contribution in [0.5, 0.6) is 0 Å². The second kappa shape index (κ2) is 6.10. The van der Waals surface area contributed by atoms with Gasteiger partial charge < -0.3 is 10.6 Å². The Labute approximate surface area is 115 Å². The number of halogens is 1. The fraction of sp³-hybridized carbons (Fsp3) is 0.500. The van der Waals surface area contributed by atoms with Crippen molar-refractivity contribution in [2.75, 3.05) is 18.8 Å². The van der Waals surface area contributed by atoms with E-state index in [1.165, 1.54) is 12.8 Å². The van der Waals surface area contributed by atoms with E-state index in [1.807, 2.05) is 30.9 Å². The third-order valence-corrected chi connectivity index (χ3v) is 3.34. The quantitative estimate of drug-likeness (QED) is 0.854. The third-order valence-electron chi connectivity index (χ3n) is 3.34. The molecule has 1 saturated carbocycles. The van der Waals surface area contributed by atoms with Gasteiger partial charge >= 0.3 is 0 Å². The number of nitrogen functional groups attached to an aromatic ring is 1. The molecular formula is C14H21ClN2O. The van der Waals surface area contributed by atoms with Gasteiger partial charge in [-0.15, -0.1) is 12.4 Å². The molecule has 1 amide bonds. The molecular weight excluding hydrogens is 248 g/mol. The van der Waals surface area contributed by atoms with Crippen LogP contribution in [-0.2, 0) is 0 Å². The minimum Gasteiger partial charge on any atom is -0.399 e. The number of rotatable bonds is 4. The average molecular weight is 269 g/mol. The summed E-state index contributed by atoms with van der Waals surface area (Å²) in [6, 6.07) is 5.53. The summed E-state index contributed by atoms with van der Waals surface area (Å²) in [5, 5.41) is 0. The van der Waals surface area contributed by atoms with E-state index in [1.54, 1.807) is 6.07 Å². The molecule has 1 fully saturated rings. The van der Waals surface area contributed by atoms with Crippen molar-refractivity contribution in [3.05, 3.63) is 29.3 Å². The summed E-state index contributed by atoms with van der Waals surface area (Å²) in [5.41, 5.74) is 8.15. The Bertz CT molecular complexity index is 430. The molecule has 0 aliphatic heterocycles. The zero-order chi connectivity index (χ0) is 12.4. The molecule has 0 radical (unpaired) electrons. The number of anilines is 1. The molecule has 18 heavy (non-hydrogen) atoms. The first kappa shape index (κ1) is 14.8. The second-order valence-corrected chi connectivity index (χ2v) is 4.86. The highest BCUT2D eigenvalue weighted by molar-refractivity contribution is 5.96. The predicted octanol–water partition coefficient (Wildman–Crippen LogP) is 2.87. The van der Waals surface area contributed by atoms with Gasteiger partial charge in [-0.05, 0) is 50.3 Å². The number of hydrogen-bond acceptors (Lipinski definition) is 2. The van der Waals surface area contributed by atoms with Gasteiger partial charge in [0.05, 0.1) is 0 Å². The maximum Gasteiger partial charge on any atom is 0.254 e.